The van der Waals surface area contributed by atoms with Crippen molar-refractivity contribution in [3.05, 3.63) is 17.3 Å². The number of carbonyl (C=O) groups is 1. The second-order valence-corrected chi connectivity index (χ2v) is 7.68. The molecule has 2 aromatic heterocycles. The van der Waals surface area contributed by atoms with Crippen molar-refractivity contribution in [1.29, 1.82) is 0 Å². The normalized spacial score (nSPS) is 19.0. The molecule has 1 aliphatic heterocycles. The number of hydrogen-bond acceptors (Lipinski definition) is 7. The van der Waals surface area contributed by atoms with Crippen LogP contribution in [0.15, 0.2) is 16.5 Å². The Morgan fingerprint density at radius 2 is 2.04 bits per heavy atom. The molecule has 2 aromatic rings. The monoisotopic (exact) mass is 391 g/mol. The highest BCUT2D eigenvalue weighted by atomic mass is 35.5. The summed E-state index contributed by atoms with van der Waals surface area (Å²) in [6.45, 7) is 3.46. The SMILES string of the molecule is COc1nc(Cl)ccc1-c1nnc(N[C@@H](C)C(=O)N2CCC3(CC2)CC3)o1. The number of pyridine rings is 1. The van der Waals surface area contributed by atoms with E-state index in [9.17, 15) is 4.79 Å². The van der Waals surface area contributed by atoms with Gasteiger partial charge in [-0.1, -0.05) is 16.7 Å². The zero-order valence-electron chi connectivity index (χ0n) is 15.4. The van der Waals surface area contributed by atoms with Gasteiger partial charge in [0.1, 0.15) is 16.8 Å². The van der Waals surface area contributed by atoms with E-state index in [-0.39, 0.29) is 17.8 Å². The molecule has 1 saturated heterocycles. The molecule has 2 fully saturated rings. The highest BCUT2D eigenvalue weighted by Crippen LogP contribution is 2.53. The summed E-state index contributed by atoms with van der Waals surface area (Å²) in [5, 5.41) is 11.3. The predicted molar refractivity (Wildman–Crippen MR) is 99.7 cm³/mol. The van der Waals surface area contributed by atoms with E-state index in [1.165, 1.54) is 20.0 Å². The van der Waals surface area contributed by atoms with Gasteiger partial charge in [0, 0.05) is 13.1 Å². The van der Waals surface area contributed by atoms with Gasteiger partial charge in [-0.3, -0.25) is 4.79 Å². The number of anilines is 1. The fraction of sp³-hybridized carbons (Fsp3) is 0.556. The lowest BCUT2D eigenvalue weighted by atomic mass is 9.93. The van der Waals surface area contributed by atoms with Crippen LogP contribution in [0.4, 0.5) is 6.01 Å². The van der Waals surface area contributed by atoms with Crippen LogP contribution in [-0.4, -0.2) is 52.2 Å². The minimum atomic E-state index is -0.447. The molecule has 8 nitrogen and oxygen atoms in total. The zero-order valence-corrected chi connectivity index (χ0v) is 16.1. The summed E-state index contributed by atoms with van der Waals surface area (Å²) < 4.78 is 10.8. The summed E-state index contributed by atoms with van der Waals surface area (Å²) >= 11 is 5.88. The van der Waals surface area contributed by atoms with Crippen molar-refractivity contribution < 1.29 is 13.9 Å². The van der Waals surface area contributed by atoms with Gasteiger partial charge < -0.3 is 19.4 Å². The topological polar surface area (TPSA) is 93.4 Å². The quantitative estimate of drug-likeness (QED) is 0.783. The summed E-state index contributed by atoms with van der Waals surface area (Å²) in [7, 11) is 1.49. The molecule has 0 aromatic carbocycles. The molecule has 0 unspecified atom stereocenters. The molecule has 9 heteroatoms. The Kier molecular flexibility index (Phi) is 4.67. The van der Waals surface area contributed by atoms with Gasteiger partial charge in [0.25, 0.3) is 5.89 Å². The first-order valence-electron chi connectivity index (χ1n) is 9.09. The number of likely N-dealkylation sites (tertiary alicyclic amines) is 1. The Morgan fingerprint density at radius 1 is 1.30 bits per heavy atom. The van der Waals surface area contributed by atoms with E-state index in [4.69, 9.17) is 20.8 Å². The molecular weight excluding hydrogens is 370 g/mol. The van der Waals surface area contributed by atoms with Gasteiger partial charge in [-0.05, 0) is 50.2 Å². The van der Waals surface area contributed by atoms with E-state index in [1.54, 1.807) is 19.1 Å². The van der Waals surface area contributed by atoms with Crippen molar-refractivity contribution in [2.75, 3.05) is 25.5 Å². The van der Waals surface area contributed by atoms with Gasteiger partial charge in [-0.15, -0.1) is 5.10 Å². The zero-order chi connectivity index (χ0) is 19.0. The number of nitrogens with zero attached hydrogens (tertiary/aromatic N) is 4. The molecule has 27 heavy (non-hydrogen) atoms. The number of rotatable bonds is 5. The van der Waals surface area contributed by atoms with Gasteiger partial charge in [0.2, 0.25) is 11.8 Å². The van der Waals surface area contributed by atoms with E-state index in [2.05, 4.69) is 20.5 Å². The number of piperidine rings is 1. The number of aromatic nitrogens is 3. The highest BCUT2D eigenvalue weighted by Gasteiger charge is 2.45. The van der Waals surface area contributed by atoms with Crippen LogP contribution in [0.5, 0.6) is 5.88 Å². The number of amides is 1. The van der Waals surface area contributed by atoms with Crippen molar-refractivity contribution in [3.63, 3.8) is 0 Å². The van der Waals surface area contributed by atoms with Crippen LogP contribution in [0.2, 0.25) is 5.15 Å². The Hall–Kier alpha value is -2.35. The van der Waals surface area contributed by atoms with Gasteiger partial charge in [0.15, 0.2) is 0 Å². The van der Waals surface area contributed by atoms with Crippen molar-refractivity contribution in [2.45, 2.75) is 38.6 Å². The largest absolute Gasteiger partial charge is 0.480 e. The third-order valence-electron chi connectivity index (χ3n) is 5.48. The maximum absolute atomic E-state index is 12.7. The number of hydrogen-bond donors (Lipinski definition) is 1. The van der Waals surface area contributed by atoms with Crippen LogP contribution in [0.1, 0.15) is 32.6 Å². The first-order chi connectivity index (χ1) is 13.0. The second kappa shape index (κ2) is 6.99. The van der Waals surface area contributed by atoms with E-state index in [0.29, 0.717) is 22.0 Å². The molecule has 1 spiro atoms. The summed E-state index contributed by atoms with van der Waals surface area (Å²) in [4.78, 5) is 18.7. The van der Waals surface area contributed by atoms with Crippen LogP contribution in [-0.2, 0) is 4.79 Å². The van der Waals surface area contributed by atoms with Crippen LogP contribution < -0.4 is 10.1 Å². The molecule has 1 aliphatic carbocycles. The molecule has 0 radical (unpaired) electrons. The van der Waals surface area contributed by atoms with E-state index in [0.717, 1.165) is 25.9 Å². The lowest BCUT2D eigenvalue weighted by Crippen LogP contribution is -2.45. The average molecular weight is 392 g/mol. The van der Waals surface area contributed by atoms with E-state index >= 15 is 0 Å². The fourth-order valence-corrected chi connectivity index (χ4v) is 3.67. The number of nitrogens with one attached hydrogen (secondary N) is 1. The minimum Gasteiger partial charge on any atom is -0.480 e. The number of methoxy groups -OCH3 is 1. The predicted octanol–water partition coefficient (Wildman–Crippen LogP) is 3.00. The average Bonchev–Trinajstić information content (AvgIpc) is 3.26. The van der Waals surface area contributed by atoms with Gasteiger partial charge in [-0.2, -0.15) is 0 Å². The molecule has 3 heterocycles. The molecular formula is C18H22ClN5O3. The third kappa shape index (κ3) is 3.71. The van der Waals surface area contributed by atoms with Crippen LogP contribution in [0, 0.1) is 5.41 Å². The maximum Gasteiger partial charge on any atom is 0.316 e. The fourth-order valence-electron chi connectivity index (χ4n) is 3.53. The molecule has 1 atom stereocenters. The minimum absolute atomic E-state index is 0.0518. The lowest BCUT2D eigenvalue weighted by molar-refractivity contribution is -0.133. The summed E-state index contributed by atoms with van der Waals surface area (Å²) in [5.74, 6) is 0.590. The van der Waals surface area contributed by atoms with Crippen molar-refractivity contribution >= 4 is 23.5 Å². The molecule has 0 bridgehead atoms. The summed E-state index contributed by atoms with van der Waals surface area (Å²) in [6, 6.07) is 3.04. The molecule has 1 N–H and O–H groups in total. The smallest absolute Gasteiger partial charge is 0.316 e. The van der Waals surface area contributed by atoms with E-state index < -0.39 is 6.04 Å². The highest BCUT2D eigenvalue weighted by molar-refractivity contribution is 6.29. The van der Waals surface area contributed by atoms with Crippen LogP contribution >= 0.6 is 11.6 Å². The van der Waals surface area contributed by atoms with Gasteiger partial charge in [0.05, 0.1) is 7.11 Å². The molecule has 144 valence electrons. The Bertz CT molecular complexity index is 841. The third-order valence-corrected chi connectivity index (χ3v) is 5.69. The summed E-state index contributed by atoms with van der Waals surface area (Å²) in [6.07, 6.45) is 4.85. The Balaban J connectivity index is 1.41. The lowest BCUT2D eigenvalue weighted by Gasteiger charge is -2.33. The Morgan fingerprint density at radius 3 is 2.70 bits per heavy atom. The van der Waals surface area contributed by atoms with Crippen molar-refractivity contribution in [2.24, 2.45) is 5.41 Å². The first kappa shape index (κ1) is 18.0. The molecule has 4 rings (SSSR count). The molecule has 1 saturated carbocycles. The number of ether oxygens (including phenoxy) is 1. The van der Waals surface area contributed by atoms with Gasteiger partial charge in [-0.25, -0.2) is 4.98 Å². The van der Waals surface area contributed by atoms with Gasteiger partial charge >= 0.3 is 6.01 Å². The second-order valence-electron chi connectivity index (χ2n) is 7.29. The molecule has 2 aliphatic rings. The summed E-state index contributed by atoms with van der Waals surface area (Å²) in [5.41, 5.74) is 1.08. The number of halogens is 1. The van der Waals surface area contributed by atoms with Crippen molar-refractivity contribution in [1.82, 2.24) is 20.1 Å². The standard InChI is InChI=1S/C18H22ClN5O3/c1-11(16(25)24-9-7-18(5-6-18)8-10-24)20-17-23-22-15(27-17)12-3-4-13(19)21-14(12)26-2/h3-4,11H,5-10H2,1-2H3,(H,20,23)/t11-/m0/s1. The van der Waals surface area contributed by atoms with Crippen molar-refractivity contribution in [3.8, 4) is 17.3 Å². The van der Waals surface area contributed by atoms with Crippen LogP contribution in [0.3, 0.4) is 0 Å². The Labute approximate surface area is 162 Å². The van der Waals surface area contributed by atoms with E-state index in [1.807, 2.05) is 4.90 Å². The maximum atomic E-state index is 12.7. The van der Waals surface area contributed by atoms with Crippen LogP contribution in [0.25, 0.3) is 11.5 Å². The molecule has 1 amide bonds. The first-order valence-corrected chi connectivity index (χ1v) is 9.47. The number of carbonyl (C=O) groups excluding carboxylic acids is 1.